The fourth-order valence-electron chi connectivity index (χ4n) is 4.23. The Bertz CT molecular complexity index is 881. The van der Waals surface area contributed by atoms with E-state index in [0.717, 1.165) is 19.1 Å². The van der Waals surface area contributed by atoms with Gasteiger partial charge in [-0.1, -0.05) is 6.07 Å². The zero-order valence-corrected chi connectivity index (χ0v) is 18.2. The third-order valence-electron chi connectivity index (χ3n) is 5.15. The van der Waals surface area contributed by atoms with Gasteiger partial charge in [-0.3, -0.25) is 0 Å². The number of phenols is 1. The van der Waals surface area contributed by atoms with E-state index >= 15 is 0 Å². The highest BCUT2D eigenvalue weighted by molar-refractivity contribution is 6.08. The van der Waals surface area contributed by atoms with Crippen molar-refractivity contribution in [2.45, 2.75) is 57.7 Å². The van der Waals surface area contributed by atoms with Crippen LogP contribution in [0.4, 0.5) is 0 Å². The van der Waals surface area contributed by atoms with Crippen LogP contribution >= 0.6 is 0 Å². The molecule has 0 aliphatic carbocycles. The Morgan fingerprint density at radius 2 is 1.77 bits per heavy atom. The second-order valence-corrected chi connectivity index (χ2v) is 9.11. The quantitative estimate of drug-likeness (QED) is 0.258. The summed E-state index contributed by atoms with van der Waals surface area (Å²) in [5, 5.41) is 24.7. The minimum absolute atomic E-state index is 0.0236. The Balaban J connectivity index is 2.22. The first kappa shape index (κ1) is 23.2. The van der Waals surface area contributed by atoms with Gasteiger partial charge in [0.25, 0.3) is 0 Å². The molecular weight excluding hydrogens is 378 g/mol. The van der Waals surface area contributed by atoms with Crippen molar-refractivity contribution in [2.75, 3.05) is 0 Å². The maximum Gasteiger partial charge on any atom is 0.125 e. The minimum Gasteiger partial charge on any atom is -0.507 e. The summed E-state index contributed by atoms with van der Waals surface area (Å²) in [5.41, 5.74) is 26.1. The van der Waals surface area contributed by atoms with Gasteiger partial charge >= 0.3 is 0 Å². The van der Waals surface area contributed by atoms with E-state index in [1.165, 1.54) is 18.3 Å². The van der Waals surface area contributed by atoms with E-state index in [9.17, 15) is 5.11 Å². The first-order valence-electron chi connectivity index (χ1n) is 9.92. The van der Waals surface area contributed by atoms with Crippen molar-refractivity contribution in [3.63, 3.8) is 0 Å². The van der Waals surface area contributed by atoms with Gasteiger partial charge in [0.2, 0.25) is 0 Å². The molecular formula is C22H35N7O. The third-order valence-corrected chi connectivity index (χ3v) is 5.15. The molecule has 8 nitrogen and oxygen atoms in total. The van der Waals surface area contributed by atoms with Crippen molar-refractivity contribution in [2.24, 2.45) is 22.9 Å². The van der Waals surface area contributed by atoms with Gasteiger partial charge in [-0.05, 0) is 64.3 Å². The molecule has 0 unspecified atom stereocenters. The number of benzene rings is 1. The van der Waals surface area contributed by atoms with Gasteiger partial charge in [0, 0.05) is 46.4 Å². The minimum atomic E-state index is -0.0383. The number of phenolic OH excluding ortho intramolecular Hbond substituents is 1. The van der Waals surface area contributed by atoms with Crippen molar-refractivity contribution >= 4 is 17.5 Å². The standard InChI is InChI=1S/C22H35N7O/c1-21(2)9-15(10-22(3,4)29-21)28-20(27)18(26)8-17(25)16-6-5-13(7-19(16)30)14(11-23)12-24/h5-8,11-12,15,23,28-30H,9-10,24-27H2,1-4H3/b14-12+,17-8-,20-18-,23-11?. The smallest absolute Gasteiger partial charge is 0.125 e. The average molecular weight is 414 g/mol. The molecule has 1 heterocycles. The van der Waals surface area contributed by atoms with Crippen molar-refractivity contribution in [1.82, 2.24) is 10.6 Å². The maximum atomic E-state index is 10.4. The van der Waals surface area contributed by atoms with Gasteiger partial charge in [-0.25, -0.2) is 0 Å². The van der Waals surface area contributed by atoms with Crippen LogP contribution in [-0.4, -0.2) is 28.4 Å². The third kappa shape index (κ3) is 5.70. The lowest BCUT2D eigenvalue weighted by molar-refractivity contribution is 0.151. The zero-order chi connectivity index (χ0) is 22.7. The van der Waals surface area contributed by atoms with Crippen LogP contribution in [0.1, 0.15) is 51.7 Å². The van der Waals surface area contributed by atoms with Crippen molar-refractivity contribution in [1.29, 1.82) is 5.41 Å². The molecule has 164 valence electrons. The number of hydrogen-bond acceptors (Lipinski definition) is 8. The molecule has 0 amide bonds. The lowest BCUT2D eigenvalue weighted by atomic mass is 9.79. The molecule has 0 bridgehead atoms. The number of nitrogens with two attached hydrogens (primary N) is 4. The summed E-state index contributed by atoms with van der Waals surface area (Å²) in [4.78, 5) is 0. The Hall–Kier alpha value is -3.13. The molecule has 30 heavy (non-hydrogen) atoms. The first-order chi connectivity index (χ1) is 13.9. The van der Waals surface area contributed by atoms with Gasteiger partial charge in [-0.15, -0.1) is 0 Å². The molecule has 0 saturated carbocycles. The molecule has 1 aromatic carbocycles. The molecule has 1 fully saturated rings. The van der Waals surface area contributed by atoms with Gasteiger partial charge in [0.1, 0.15) is 11.6 Å². The molecule has 1 aliphatic heterocycles. The Labute approximate surface area is 178 Å². The van der Waals surface area contributed by atoms with Crippen molar-refractivity contribution in [3.05, 3.63) is 53.1 Å². The fourth-order valence-corrected chi connectivity index (χ4v) is 4.23. The number of nitrogens with one attached hydrogen (secondary N) is 3. The van der Waals surface area contributed by atoms with E-state index in [0.29, 0.717) is 28.2 Å². The highest BCUT2D eigenvalue weighted by Gasteiger charge is 2.37. The van der Waals surface area contributed by atoms with Crippen LogP contribution in [0.5, 0.6) is 5.75 Å². The Morgan fingerprint density at radius 1 is 1.17 bits per heavy atom. The Kier molecular flexibility index (Phi) is 6.72. The molecule has 1 aromatic rings. The number of piperidine rings is 1. The van der Waals surface area contributed by atoms with E-state index in [1.54, 1.807) is 12.1 Å². The second-order valence-electron chi connectivity index (χ2n) is 9.11. The maximum absolute atomic E-state index is 10.4. The molecule has 0 atom stereocenters. The lowest BCUT2D eigenvalue weighted by Gasteiger charge is -2.47. The lowest BCUT2D eigenvalue weighted by Crippen LogP contribution is -2.61. The highest BCUT2D eigenvalue weighted by Crippen LogP contribution is 2.29. The number of allylic oxidation sites excluding steroid dienone is 2. The monoisotopic (exact) mass is 413 g/mol. The Morgan fingerprint density at radius 3 is 2.27 bits per heavy atom. The molecule has 8 heteroatoms. The molecule has 1 aliphatic rings. The summed E-state index contributed by atoms with van der Waals surface area (Å²) in [6.45, 7) is 8.67. The topological polar surface area (TPSA) is 172 Å². The van der Waals surface area contributed by atoms with Gasteiger partial charge < -0.3 is 44.1 Å². The molecule has 0 spiro atoms. The summed E-state index contributed by atoms with van der Waals surface area (Å²) < 4.78 is 0. The van der Waals surface area contributed by atoms with E-state index in [1.807, 2.05) is 0 Å². The van der Waals surface area contributed by atoms with E-state index < -0.39 is 0 Å². The van der Waals surface area contributed by atoms with E-state index in [2.05, 4.69) is 38.3 Å². The van der Waals surface area contributed by atoms with Crippen LogP contribution in [0.3, 0.4) is 0 Å². The molecule has 2 rings (SSSR count). The van der Waals surface area contributed by atoms with Crippen LogP contribution < -0.4 is 33.6 Å². The number of rotatable bonds is 6. The van der Waals surface area contributed by atoms with Crippen LogP contribution in [0, 0.1) is 5.41 Å². The van der Waals surface area contributed by atoms with Crippen LogP contribution in [-0.2, 0) is 0 Å². The first-order valence-corrected chi connectivity index (χ1v) is 9.92. The van der Waals surface area contributed by atoms with Crippen molar-refractivity contribution in [3.8, 4) is 5.75 Å². The summed E-state index contributed by atoms with van der Waals surface area (Å²) in [6.07, 6.45) is 5.75. The summed E-state index contributed by atoms with van der Waals surface area (Å²) >= 11 is 0. The number of aromatic hydroxyl groups is 1. The van der Waals surface area contributed by atoms with Crippen LogP contribution in [0.25, 0.3) is 11.3 Å². The summed E-state index contributed by atoms with van der Waals surface area (Å²) in [5.74, 6) is 0.313. The predicted octanol–water partition coefficient (Wildman–Crippen LogP) is 1.63. The van der Waals surface area contributed by atoms with Crippen molar-refractivity contribution < 1.29 is 5.11 Å². The molecule has 0 radical (unpaired) electrons. The van der Waals surface area contributed by atoms with E-state index in [-0.39, 0.29) is 28.6 Å². The number of hydrogen-bond donors (Lipinski definition) is 8. The average Bonchev–Trinajstić information content (AvgIpc) is 2.59. The molecule has 12 N–H and O–H groups in total. The highest BCUT2D eigenvalue weighted by atomic mass is 16.3. The second kappa shape index (κ2) is 8.71. The van der Waals surface area contributed by atoms with Crippen LogP contribution in [0.2, 0.25) is 0 Å². The van der Waals surface area contributed by atoms with Gasteiger partial charge in [0.15, 0.2) is 0 Å². The normalized spacial score (nSPS) is 20.4. The van der Waals surface area contributed by atoms with E-state index in [4.69, 9.17) is 28.3 Å². The van der Waals surface area contributed by atoms with Gasteiger partial charge in [-0.2, -0.15) is 0 Å². The largest absolute Gasteiger partial charge is 0.507 e. The summed E-state index contributed by atoms with van der Waals surface area (Å²) in [7, 11) is 0. The SMILES string of the molecule is CC1(C)CC(N/C(N)=C(N)/C=C(\N)c2ccc(/C(C=N)=C/N)cc2O)CC(C)(C)N1. The molecule has 1 saturated heterocycles. The van der Waals surface area contributed by atoms with Gasteiger partial charge in [0.05, 0.1) is 5.70 Å². The summed E-state index contributed by atoms with van der Waals surface area (Å²) in [6, 6.07) is 5.04. The van der Waals surface area contributed by atoms with Crippen LogP contribution in [0.15, 0.2) is 42.0 Å². The fraction of sp³-hybridized carbons (Fsp3) is 0.409. The molecule has 0 aromatic heterocycles. The zero-order valence-electron chi connectivity index (χ0n) is 18.2. The predicted molar refractivity (Wildman–Crippen MR) is 124 cm³/mol.